The summed E-state index contributed by atoms with van der Waals surface area (Å²) in [4.78, 5) is 13.8. The average Bonchev–Trinajstić information content (AvgIpc) is 2.66. The average molecular weight is 347 g/mol. The third-order valence-electron chi connectivity index (χ3n) is 5.64. The Balaban J connectivity index is 1.39. The standard InChI is InChI=1S/C20H30N2O3/c1-24-18-10-4-5-11-19(18)25-14-12-21-20(23)15-22-13-6-8-16-7-2-3-9-17(16)22/h4-5,10-11,16-17H,2-3,6-9,12-15H2,1H3,(H,21,23)/p+1/t16-,17+/m1/s1. The van der Waals surface area contributed by atoms with E-state index >= 15 is 0 Å². The van der Waals surface area contributed by atoms with E-state index in [9.17, 15) is 4.79 Å². The summed E-state index contributed by atoms with van der Waals surface area (Å²) >= 11 is 0. The molecule has 0 bridgehead atoms. The third kappa shape index (κ3) is 4.88. The van der Waals surface area contributed by atoms with Gasteiger partial charge in [-0.1, -0.05) is 18.6 Å². The van der Waals surface area contributed by atoms with Crippen molar-refractivity contribution in [1.29, 1.82) is 0 Å². The van der Waals surface area contributed by atoms with Crippen LogP contribution in [0.3, 0.4) is 0 Å². The fourth-order valence-corrected chi connectivity index (χ4v) is 4.45. The summed E-state index contributed by atoms with van der Waals surface area (Å²) in [5.41, 5.74) is 0. The molecular weight excluding hydrogens is 316 g/mol. The quantitative estimate of drug-likeness (QED) is 0.734. The summed E-state index contributed by atoms with van der Waals surface area (Å²) in [6.07, 6.45) is 8.00. The summed E-state index contributed by atoms with van der Waals surface area (Å²) < 4.78 is 11.0. The Morgan fingerprint density at radius 2 is 1.92 bits per heavy atom. The highest BCUT2D eigenvalue weighted by Gasteiger charge is 2.37. The number of likely N-dealkylation sites (tertiary alicyclic amines) is 1. The highest BCUT2D eigenvalue weighted by Crippen LogP contribution is 2.28. The van der Waals surface area contributed by atoms with Gasteiger partial charge in [0.1, 0.15) is 6.61 Å². The lowest BCUT2D eigenvalue weighted by Gasteiger charge is -2.40. The van der Waals surface area contributed by atoms with Crippen molar-refractivity contribution in [3.05, 3.63) is 24.3 Å². The molecule has 1 aliphatic carbocycles. The van der Waals surface area contributed by atoms with E-state index in [1.165, 1.54) is 43.4 Å². The maximum atomic E-state index is 12.3. The van der Waals surface area contributed by atoms with Gasteiger partial charge in [-0.05, 0) is 44.2 Å². The van der Waals surface area contributed by atoms with Crippen LogP contribution in [0.4, 0.5) is 0 Å². The van der Waals surface area contributed by atoms with Crippen LogP contribution in [0, 0.1) is 5.92 Å². The first kappa shape index (κ1) is 18.1. The van der Waals surface area contributed by atoms with E-state index in [4.69, 9.17) is 9.47 Å². The van der Waals surface area contributed by atoms with Crippen molar-refractivity contribution in [2.45, 2.75) is 44.6 Å². The highest BCUT2D eigenvalue weighted by atomic mass is 16.5. The Bertz CT molecular complexity index is 562. The second-order valence-electron chi connectivity index (χ2n) is 7.23. The first-order chi connectivity index (χ1) is 12.3. The maximum Gasteiger partial charge on any atom is 0.275 e. The number of benzene rings is 1. The molecule has 1 aromatic carbocycles. The molecule has 3 rings (SSSR count). The predicted octanol–water partition coefficient (Wildman–Crippen LogP) is 1.43. The molecule has 0 aromatic heterocycles. The number of nitrogens with one attached hydrogen (secondary N) is 2. The SMILES string of the molecule is COc1ccccc1OCCNC(=O)C[NH+]1CCC[C@H]2CCCC[C@@H]21. The normalized spacial score (nSPS) is 25.7. The molecule has 1 unspecified atom stereocenters. The fourth-order valence-electron chi connectivity index (χ4n) is 4.45. The van der Waals surface area contributed by atoms with Crippen LogP contribution in [0.5, 0.6) is 11.5 Å². The number of hydrogen-bond acceptors (Lipinski definition) is 3. The minimum absolute atomic E-state index is 0.143. The van der Waals surface area contributed by atoms with Gasteiger partial charge in [-0.3, -0.25) is 4.79 Å². The molecule has 138 valence electrons. The molecule has 2 aliphatic rings. The number of carbonyl (C=O) groups excluding carboxylic acids is 1. The first-order valence-corrected chi connectivity index (χ1v) is 9.65. The summed E-state index contributed by atoms with van der Waals surface area (Å²) in [7, 11) is 1.63. The Labute approximate surface area is 150 Å². The minimum atomic E-state index is 0.143. The molecule has 1 saturated heterocycles. The zero-order valence-corrected chi connectivity index (χ0v) is 15.3. The Morgan fingerprint density at radius 3 is 2.76 bits per heavy atom. The van der Waals surface area contributed by atoms with E-state index in [2.05, 4.69) is 5.32 Å². The number of quaternary nitrogens is 1. The lowest BCUT2D eigenvalue weighted by atomic mass is 9.78. The molecule has 2 fully saturated rings. The second kappa shape index (κ2) is 9.09. The number of fused-ring (bicyclic) bond motifs is 1. The van der Waals surface area contributed by atoms with Gasteiger partial charge in [0.15, 0.2) is 18.0 Å². The zero-order chi connectivity index (χ0) is 17.5. The van der Waals surface area contributed by atoms with Gasteiger partial charge in [0.2, 0.25) is 0 Å². The maximum absolute atomic E-state index is 12.3. The van der Waals surface area contributed by atoms with E-state index in [1.807, 2.05) is 24.3 Å². The van der Waals surface area contributed by atoms with Gasteiger partial charge in [-0.2, -0.15) is 0 Å². The van der Waals surface area contributed by atoms with Crippen molar-refractivity contribution >= 4 is 5.91 Å². The van der Waals surface area contributed by atoms with Crippen LogP contribution < -0.4 is 19.7 Å². The Morgan fingerprint density at radius 1 is 1.16 bits per heavy atom. The molecule has 1 aliphatic heterocycles. The van der Waals surface area contributed by atoms with E-state index in [1.54, 1.807) is 7.11 Å². The number of methoxy groups -OCH3 is 1. The molecule has 3 atom stereocenters. The molecule has 2 N–H and O–H groups in total. The van der Waals surface area contributed by atoms with Gasteiger partial charge in [0, 0.05) is 5.92 Å². The van der Waals surface area contributed by atoms with Gasteiger partial charge in [-0.25, -0.2) is 0 Å². The van der Waals surface area contributed by atoms with Crippen LogP contribution >= 0.6 is 0 Å². The molecule has 25 heavy (non-hydrogen) atoms. The lowest BCUT2D eigenvalue weighted by Crippen LogP contribution is -3.18. The number of para-hydroxylation sites is 2. The van der Waals surface area contributed by atoms with Crippen LogP contribution in [0.25, 0.3) is 0 Å². The largest absolute Gasteiger partial charge is 0.493 e. The van der Waals surface area contributed by atoms with Crippen molar-refractivity contribution in [3.63, 3.8) is 0 Å². The van der Waals surface area contributed by atoms with Gasteiger partial charge in [-0.15, -0.1) is 0 Å². The summed E-state index contributed by atoms with van der Waals surface area (Å²) in [6.45, 7) is 2.73. The van der Waals surface area contributed by atoms with Crippen LogP contribution in [0.2, 0.25) is 0 Å². The summed E-state index contributed by atoms with van der Waals surface area (Å²) in [5, 5.41) is 3.01. The monoisotopic (exact) mass is 347 g/mol. The van der Waals surface area contributed by atoms with E-state index in [-0.39, 0.29) is 5.91 Å². The van der Waals surface area contributed by atoms with Gasteiger partial charge < -0.3 is 19.7 Å². The molecule has 0 radical (unpaired) electrons. The van der Waals surface area contributed by atoms with Crippen molar-refractivity contribution < 1.29 is 19.2 Å². The number of carbonyl (C=O) groups is 1. The molecule has 5 nitrogen and oxygen atoms in total. The molecule has 5 heteroatoms. The zero-order valence-electron chi connectivity index (χ0n) is 15.3. The number of piperidine rings is 1. The van der Waals surface area contributed by atoms with Gasteiger partial charge in [0.25, 0.3) is 5.91 Å². The first-order valence-electron chi connectivity index (χ1n) is 9.65. The Hall–Kier alpha value is -1.75. The summed E-state index contributed by atoms with van der Waals surface area (Å²) in [6, 6.07) is 8.28. The Kier molecular flexibility index (Phi) is 6.56. The second-order valence-corrected chi connectivity index (χ2v) is 7.23. The van der Waals surface area contributed by atoms with Crippen LogP contribution in [0.1, 0.15) is 38.5 Å². The summed E-state index contributed by atoms with van der Waals surface area (Å²) in [5.74, 6) is 2.42. The minimum Gasteiger partial charge on any atom is -0.493 e. The van der Waals surface area contributed by atoms with Crippen molar-refractivity contribution in [2.75, 3.05) is 33.4 Å². The van der Waals surface area contributed by atoms with Crippen LogP contribution in [-0.4, -0.2) is 45.3 Å². The van der Waals surface area contributed by atoms with Crippen LogP contribution in [-0.2, 0) is 4.79 Å². The number of ether oxygens (including phenoxy) is 2. The molecule has 0 spiro atoms. The molecule has 1 saturated carbocycles. The highest BCUT2D eigenvalue weighted by molar-refractivity contribution is 5.76. The number of hydrogen-bond donors (Lipinski definition) is 2. The lowest BCUT2D eigenvalue weighted by molar-refractivity contribution is -0.928. The molecular formula is C20H31N2O3+. The molecule has 1 aromatic rings. The smallest absolute Gasteiger partial charge is 0.275 e. The fraction of sp³-hybridized carbons (Fsp3) is 0.650. The van der Waals surface area contributed by atoms with E-state index in [0.29, 0.717) is 31.5 Å². The van der Waals surface area contributed by atoms with E-state index < -0.39 is 0 Å². The molecule has 1 heterocycles. The van der Waals surface area contributed by atoms with E-state index in [0.717, 1.165) is 18.2 Å². The molecule has 1 amide bonds. The topological polar surface area (TPSA) is 52.0 Å². The van der Waals surface area contributed by atoms with Crippen LogP contribution in [0.15, 0.2) is 24.3 Å². The van der Waals surface area contributed by atoms with Crippen molar-refractivity contribution in [1.82, 2.24) is 5.32 Å². The van der Waals surface area contributed by atoms with Gasteiger partial charge in [0.05, 0.1) is 26.2 Å². The van der Waals surface area contributed by atoms with Crippen molar-refractivity contribution in [2.24, 2.45) is 5.92 Å². The van der Waals surface area contributed by atoms with Crippen molar-refractivity contribution in [3.8, 4) is 11.5 Å². The predicted molar refractivity (Wildman–Crippen MR) is 97.2 cm³/mol. The number of rotatable bonds is 7. The third-order valence-corrected chi connectivity index (χ3v) is 5.64. The van der Waals surface area contributed by atoms with Gasteiger partial charge >= 0.3 is 0 Å². The number of amides is 1.